The number of Topliss-reactive ketones (excluding diaryl/α,β-unsaturated/α-hetero) is 1. The third-order valence-electron chi connectivity index (χ3n) is 4.13. The molecule has 0 radical (unpaired) electrons. The van der Waals surface area contributed by atoms with Crippen LogP contribution >= 0.6 is 11.8 Å². The average molecular weight is 369 g/mol. The van der Waals surface area contributed by atoms with Crippen LogP contribution in [0.5, 0.6) is 5.75 Å². The Morgan fingerprint density at radius 2 is 1.88 bits per heavy atom. The Hall–Kier alpha value is -2.27. The SMILES string of the molecule is CCC(=O)Cn1c(SCCOc2cc(C)cc(C)c2)nc2ccccc21. The Morgan fingerprint density at radius 3 is 2.62 bits per heavy atom. The van der Waals surface area contributed by atoms with Gasteiger partial charge in [-0.05, 0) is 49.2 Å². The number of rotatable bonds is 8. The van der Waals surface area contributed by atoms with Gasteiger partial charge in [-0.15, -0.1) is 0 Å². The zero-order chi connectivity index (χ0) is 18.5. The predicted molar refractivity (Wildman–Crippen MR) is 107 cm³/mol. The number of carbonyl (C=O) groups is 1. The zero-order valence-electron chi connectivity index (χ0n) is 15.5. The molecule has 0 unspecified atom stereocenters. The molecule has 0 aliphatic heterocycles. The van der Waals surface area contributed by atoms with Crippen LogP contribution in [0.1, 0.15) is 24.5 Å². The largest absolute Gasteiger partial charge is 0.493 e. The van der Waals surface area contributed by atoms with Crippen molar-refractivity contribution in [3.8, 4) is 5.75 Å². The summed E-state index contributed by atoms with van der Waals surface area (Å²) in [6.07, 6.45) is 0.534. The van der Waals surface area contributed by atoms with Gasteiger partial charge in [0.05, 0.1) is 24.2 Å². The van der Waals surface area contributed by atoms with Gasteiger partial charge in [-0.1, -0.05) is 36.9 Å². The number of ether oxygens (including phenoxy) is 1. The molecule has 0 fully saturated rings. The molecule has 4 nitrogen and oxygen atoms in total. The highest BCUT2D eigenvalue weighted by Crippen LogP contribution is 2.24. The minimum absolute atomic E-state index is 0.210. The highest BCUT2D eigenvalue weighted by molar-refractivity contribution is 7.99. The van der Waals surface area contributed by atoms with E-state index in [1.54, 1.807) is 11.8 Å². The molecule has 2 aromatic carbocycles. The van der Waals surface area contributed by atoms with Crippen molar-refractivity contribution >= 4 is 28.6 Å². The molecule has 3 aromatic rings. The normalized spacial score (nSPS) is 11.0. The van der Waals surface area contributed by atoms with Crippen LogP contribution in [0.4, 0.5) is 0 Å². The number of benzene rings is 2. The van der Waals surface area contributed by atoms with Crippen LogP contribution in [0.15, 0.2) is 47.6 Å². The van der Waals surface area contributed by atoms with Crippen LogP contribution in [0.25, 0.3) is 11.0 Å². The van der Waals surface area contributed by atoms with E-state index < -0.39 is 0 Å². The fourth-order valence-corrected chi connectivity index (χ4v) is 3.74. The molecule has 0 bridgehead atoms. The summed E-state index contributed by atoms with van der Waals surface area (Å²) in [4.78, 5) is 16.7. The third kappa shape index (κ3) is 4.47. The van der Waals surface area contributed by atoms with Gasteiger partial charge < -0.3 is 9.30 Å². The first-order valence-electron chi connectivity index (χ1n) is 8.87. The molecule has 0 amide bonds. The number of hydrogen-bond acceptors (Lipinski definition) is 4. The van der Waals surface area contributed by atoms with E-state index in [1.807, 2.05) is 47.9 Å². The van der Waals surface area contributed by atoms with Crippen molar-refractivity contribution in [2.24, 2.45) is 0 Å². The molecule has 0 aliphatic rings. The fraction of sp³-hybridized carbons (Fsp3) is 0.333. The number of para-hydroxylation sites is 2. The fourth-order valence-electron chi connectivity index (χ4n) is 2.91. The average Bonchev–Trinajstić information content (AvgIpc) is 2.95. The van der Waals surface area contributed by atoms with E-state index in [0.29, 0.717) is 19.6 Å². The number of thioether (sulfide) groups is 1. The highest BCUT2D eigenvalue weighted by Gasteiger charge is 2.13. The summed E-state index contributed by atoms with van der Waals surface area (Å²) >= 11 is 1.63. The Bertz CT molecular complexity index is 897. The second kappa shape index (κ2) is 8.41. The lowest BCUT2D eigenvalue weighted by Crippen LogP contribution is -2.10. The maximum atomic E-state index is 12.0. The van der Waals surface area contributed by atoms with Crippen LogP contribution in [-0.2, 0) is 11.3 Å². The minimum Gasteiger partial charge on any atom is -0.493 e. The Balaban J connectivity index is 1.68. The van der Waals surface area contributed by atoms with Crippen molar-refractivity contribution in [2.45, 2.75) is 38.9 Å². The van der Waals surface area contributed by atoms with E-state index in [2.05, 4.69) is 19.9 Å². The molecule has 26 heavy (non-hydrogen) atoms. The number of aryl methyl sites for hydroxylation is 2. The summed E-state index contributed by atoms with van der Waals surface area (Å²) in [7, 11) is 0. The van der Waals surface area contributed by atoms with Crippen molar-refractivity contribution in [3.05, 3.63) is 53.6 Å². The maximum absolute atomic E-state index is 12.0. The molecule has 0 saturated heterocycles. The lowest BCUT2D eigenvalue weighted by molar-refractivity contribution is -0.119. The predicted octanol–water partition coefficient (Wildman–Crippen LogP) is 4.80. The summed E-state index contributed by atoms with van der Waals surface area (Å²) in [6.45, 7) is 7.01. The Labute approximate surface area is 158 Å². The summed E-state index contributed by atoms with van der Waals surface area (Å²) in [6, 6.07) is 14.2. The number of aromatic nitrogens is 2. The van der Waals surface area contributed by atoms with E-state index in [4.69, 9.17) is 9.72 Å². The first kappa shape index (κ1) is 18.5. The van der Waals surface area contributed by atoms with Crippen LogP contribution in [0.2, 0.25) is 0 Å². The zero-order valence-corrected chi connectivity index (χ0v) is 16.3. The topological polar surface area (TPSA) is 44.1 Å². The maximum Gasteiger partial charge on any atom is 0.169 e. The van der Waals surface area contributed by atoms with Gasteiger partial charge in [-0.25, -0.2) is 4.98 Å². The van der Waals surface area contributed by atoms with Gasteiger partial charge in [-0.2, -0.15) is 0 Å². The number of ketones is 1. The quantitative estimate of drug-likeness (QED) is 0.423. The van der Waals surface area contributed by atoms with Crippen LogP contribution in [0.3, 0.4) is 0 Å². The Kier molecular flexibility index (Phi) is 5.99. The smallest absolute Gasteiger partial charge is 0.169 e. The standard InChI is InChI=1S/C21H24N2O2S/c1-4-17(24)14-23-20-8-6-5-7-19(20)22-21(23)26-10-9-25-18-12-15(2)11-16(3)13-18/h5-8,11-13H,4,9-10,14H2,1-3H3. The second-order valence-corrected chi connectivity index (χ2v) is 7.44. The van der Waals surface area contributed by atoms with Gasteiger partial charge in [0.15, 0.2) is 10.9 Å². The third-order valence-corrected chi connectivity index (χ3v) is 5.07. The first-order valence-corrected chi connectivity index (χ1v) is 9.86. The number of fused-ring (bicyclic) bond motifs is 1. The van der Waals surface area contributed by atoms with Crippen molar-refractivity contribution in [3.63, 3.8) is 0 Å². The minimum atomic E-state index is 0.210. The van der Waals surface area contributed by atoms with Crippen LogP contribution in [0, 0.1) is 13.8 Å². The summed E-state index contributed by atoms with van der Waals surface area (Å²) in [5.41, 5.74) is 4.33. The van der Waals surface area contributed by atoms with Gasteiger partial charge in [0.25, 0.3) is 0 Å². The molecule has 0 aliphatic carbocycles. The highest BCUT2D eigenvalue weighted by atomic mass is 32.2. The van der Waals surface area contributed by atoms with E-state index in [0.717, 1.165) is 27.7 Å². The Morgan fingerprint density at radius 1 is 1.15 bits per heavy atom. The molecular weight excluding hydrogens is 344 g/mol. The van der Waals surface area contributed by atoms with Gasteiger partial charge >= 0.3 is 0 Å². The van der Waals surface area contributed by atoms with Gasteiger partial charge in [0.2, 0.25) is 0 Å². The number of imidazole rings is 1. The van der Waals surface area contributed by atoms with E-state index in [9.17, 15) is 4.79 Å². The van der Waals surface area contributed by atoms with Gasteiger partial charge in [-0.3, -0.25) is 4.79 Å². The van der Waals surface area contributed by atoms with Crippen molar-refractivity contribution < 1.29 is 9.53 Å². The lowest BCUT2D eigenvalue weighted by Gasteiger charge is -2.09. The molecule has 0 N–H and O–H groups in total. The van der Waals surface area contributed by atoms with E-state index >= 15 is 0 Å². The molecule has 5 heteroatoms. The second-order valence-electron chi connectivity index (χ2n) is 6.38. The number of nitrogens with zero attached hydrogens (tertiary/aromatic N) is 2. The van der Waals surface area contributed by atoms with Gasteiger partial charge in [0.1, 0.15) is 5.75 Å². The van der Waals surface area contributed by atoms with Crippen molar-refractivity contribution in [1.29, 1.82) is 0 Å². The van der Waals surface area contributed by atoms with Gasteiger partial charge in [0, 0.05) is 12.2 Å². The molecular formula is C21H24N2O2S. The molecule has 0 saturated carbocycles. The summed E-state index contributed by atoms with van der Waals surface area (Å²) < 4.78 is 7.90. The molecule has 1 heterocycles. The molecule has 3 rings (SSSR count). The summed E-state index contributed by atoms with van der Waals surface area (Å²) in [5.74, 6) is 1.88. The lowest BCUT2D eigenvalue weighted by atomic mass is 10.1. The van der Waals surface area contributed by atoms with Crippen LogP contribution in [-0.4, -0.2) is 27.7 Å². The summed E-state index contributed by atoms with van der Waals surface area (Å²) in [5, 5.41) is 0.872. The van der Waals surface area contributed by atoms with E-state index in [-0.39, 0.29) is 5.78 Å². The van der Waals surface area contributed by atoms with E-state index in [1.165, 1.54) is 11.1 Å². The van der Waals surface area contributed by atoms with Crippen molar-refractivity contribution in [2.75, 3.05) is 12.4 Å². The number of hydrogen-bond donors (Lipinski definition) is 0. The van der Waals surface area contributed by atoms with Crippen molar-refractivity contribution in [1.82, 2.24) is 9.55 Å². The molecule has 0 atom stereocenters. The molecule has 136 valence electrons. The monoisotopic (exact) mass is 368 g/mol. The first-order chi connectivity index (χ1) is 12.6. The van der Waals surface area contributed by atoms with Crippen LogP contribution < -0.4 is 4.74 Å². The molecule has 1 aromatic heterocycles. The number of carbonyl (C=O) groups excluding carboxylic acids is 1. The molecule has 0 spiro atoms.